The molecule has 0 amide bonds. The molecule has 0 radical (unpaired) electrons. The molecule has 0 aliphatic carbocycles. The Morgan fingerprint density at radius 1 is 1.00 bits per heavy atom. The summed E-state index contributed by atoms with van der Waals surface area (Å²) >= 11 is 14.2. The Hall–Kier alpha value is -0.290. The molecule has 0 fully saturated rings. The van der Waals surface area contributed by atoms with E-state index in [4.69, 9.17) is 27.9 Å². The second kappa shape index (κ2) is 7.48. The topological polar surface area (TPSA) is 9.23 Å². The van der Waals surface area contributed by atoms with E-state index >= 15 is 0 Å². The van der Waals surface area contributed by atoms with Crippen molar-refractivity contribution in [3.63, 3.8) is 0 Å². The van der Waals surface area contributed by atoms with Gasteiger partial charge in [-0.15, -0.1) is 0 Å². The van der Waals surface area contributed by atoms with E-state index in [0.717, 1.165) is 25.6 Å². The molecule has 0 heterocycles. The van der Waals surface area contributed by atoms with Crippen molar-refractivity contribution in [3.8, 4) is 0 Å². The fourth-order valence-electron chi connectivity index (χ4n) is 1.71. The highest BCUT2D eigenvalue weighted by Crippen LogP contribution is 2.24. The van der Waals surface area contributed by atoms with E-state index in [-0.39, 0.29) is 6.10 Å². The Morgan fingerprint density at radius 3 is 2.37 bits per heavy atom. The highest BCUT2D eigenvalue weighted by atomic mass is 127. The van der Waals surface area contributed by atoms with Gasteiger partial charge in [0.1, 0.15) is 0 Å². The van der Waals surface area contributed by atoms with Gasteiger partial charge in [-0.25, -0.2) is 0 Å². The van der Waals surface area contributed by atoms with Crippen LogP contribution in [-0.2, 0) is 11.3 Å². The molecule has 100 valence electrons. The normalized spacial score (nSPS) is 12.4. The molecule has 4 heteroatoms. The fourth-order valence-corrected chi connectivity index (χ4v) is 2.80. The van der Waals surface area contributed by atoms with Crippen molar-refractivity contribution in [2.24, 2.45) is 0 Å². The van der Waals surface area contributed by atoms with Gasteiger partial charge < -0.3 is 4.74 Å². The van der Waals surface area contributed by atoms with Crippen LogP contribution in [0.4, 0.5) is 0 Å². The molecular weight excluding hydrogens is 394 g/mol. The van der Waals surface area contributed by atoms with Crippen LogP contribution in [0.15, 0.2) is 48.5 Å². The molecule has 0 aromatic heterocycles. The monoisotopic (exact) mass is 406 g/mol. The van der Waals surface area contributed by atoms with Gasteiger partial charge in [0.25, 0.3) is 0 Å². The molecule has 0 spiro atoms. The third-order valence-electron chi connectivity index (χ3n) is 2.73. The average Bonchev–Trinajstić information content (AvgIpc) is 2.42. The number of hydrogen-bond acceptors (Lipinski definition) is 1. The second-order valence-corrected chi connectivity index (χ2v) is 5.89. The van der Waals surface area contributed by atoms with Gasteiger partial charge in [-0.05, 0) is 35.4 Å². The van der Waals surface area contributed by atoms with Crippen molar-refractivity contribution in [1.82, 2.24) is 0 Å². The van der Waals surface area contributed by atoms with Crippen LogP contribution in [0, 0.1) is 0 Å². The van der Waals surface area contributed by atoms with Crippen LogP contribution in [0.2, 0.25) is 10.0 Å². The zero-order valence-corrected chi connectivity index (χ0v) is 13.8. The number of rotatable bonds is 5. The largest absolute Gasteiger partial charge is 0.368 e. The highest BCUT2D eigenvalue weighted by molar-refractivity contribution is 14.1. The molecule has 2 aromatic carbocycles. The van der Waals surface area contributed by atoms with Crippen molar-refractivity contribution in [2.75, 3.05) is 4.43 Å². The summed E-state index contributed by atoms with van der Waals surface area (Å²) in [6.07, 6.45) is 0.0509. The van der Waals surface area contributed by atoms with E-state index in [1.54, 1.807) is 0 Å². The Kier molecular flexibility index (Phi) is 5.95. The van der Waals surface area contributed by atoms with Crippen LogP contribution in [0.1, 0.15) is 17.2 Å². The second-order valence-electron chi connectivity index (χ2n) is 4.14. The van der Waals surface area contributed by atoms with Crippen LogP contribution in [0.3, 0.4) is 0 Å². The Morgan fingerprint density at radius 2 is 1.74 bits per heavy atom. The summed E-state index contributed by atoms with van der Waals surface area (Å²) in [5.41, 5.74) is 2.22. The van der Waals surface area contributed by atoms with Gasteiger partial charge in [-0.2, -0.15) is 0 Å². The van der Waals surface area contributed by atoms with Gasteiger partial charge in [0.05, 0.1) is 12.7 Å². The Bertz CT molecular complexity index is 528. The Labute approximate surface area is 137 Å². The standard InChI is InChI=1S/C15H13Cl2IO/c16-13-6-4-11(5-7-13)10-19-15(9-18)12-2-1-3-14(17)8-12/h1-8,15H,9-10H2. The van der Waals surface area contributed by atoms with E-state index in [1.165, 1.54) is 0 Å². The molecule has 0 bridgehead atoms. The summed E-state index contributed by atoms with van der Waals surface area (Å²) in [7, 11) is 0. The molecule has 2 rings (SSSR count). The van der Waals surface area contributed by atoms with E-state index in [9.17, 15) is 0 Å². The molecular formula is C15H13Cl2IO. The number of alkyl halides is 1. The van der Waals surface area contributed by atoms with Crippen molar-refractivity contribution >= 4 is 45.8 Å². The highest BCUT2D eigenvalue weighted by Gasteiger charge is 2.11. The summed E-state index contributed by atoms with van der Waals surface area (Å²) in [5, 5.41) is 1.48. The predicted molar refractivity (Wildman–Crippen MR) is 89.3 cm³/mol. The SMILES string of the molecule is Clc1ccc(COC(CI)c2cccc(Cl)c2)cc1. The minimum absolute atomic E-state index is 0.0509. The minimum Gasteiger partial charge on any atom is -0.368 e. The van der Waals surface area contributed by atoms with Crippen LogP contribution in [-0.4, -0.2) is 4.43 Å². The summed E-state index contributed by atoms with van der Waals surface area (Å²) in [5.74, 6) is 0. The molecule has 1 nitrogen and oxygen atoms in total. The fraction of sp³-hybridized carbons (Fsp3) is 0.200. The van der Waals surface area contributed by atoms with Gasteiger partial charge in [-0.1, -0.05) is 70.1 Å². The maximum Gasteiger partial charge on any atom is 0.0919 e. The smallest absolute Gasteiger partial charge is 0.0919 e. The molecule has 2 aromatic rings. The molecule has 0 aliphatic heterocycles. The minimum atomic E-state index is 0.0509. The van der Waals surface area contributed by atoms with Crippen molar-refractivity contribution in [3.05, 3.63) is 69.7 Å². The lowest BCUT2D eigenvalue weighted by Gasteiger charge is -2.16. The van der Waals surface area contributed by atoms with Crippen molar-refractivity contribution in [1.29, 1.82) is 0 Å². The molecule has 0 aliphatic rings. The van der Waals surface area contributed by atoms with E-state index < -0.39 is 0 Å². The number of ether oxygens (including phenoxy) is 1. The number of hydrogen-bond donors (Lipinski definition) is 0. The zero-order chi connectivity index (χ0) is 13.7. The quantitative estimate of drug-likeness (QED) is 0.458. The summed E-state index contributed by atoms with van der Waals surface area (Å²) in [6, 6.07) is 15.5. The van der Waals surface area contributed by atoms with E-state index in [2.05, 4.69) is 22.6 Å². The van der Waals surface area contributed by atoms with Crippen LogP contribution in [0.25, 0.3) is 0 Å². The van der Waals surface area contributed by atoms with Crippen LogP contribution >= 0.6 is 45.8 Å². The molecule has 0 saturated heterocycles. The van der Waals surface area contributed by atoms with Gasteiger partial charge in [0.15, 0.2) is 0 Å². The molecule has 19 heavy (non-hydrogen) atoms. The summed E-state index contributed by atoms with van der Waals surface area (Å²) < 4.78 is 6.83. The summed E-state index contributed by atoms with van der Waals surface area (Å²) in [6.45, 7) is 0.567. The number of benzene rings is 2. The molecule has 0 N–H and O–H groups in total. The molecule has 1 unspecified atom stereocenters. The van der Waals surface area contributed by atoms with Crippen LogP contribution < -0.4 is 0 Å². The van der Waals surface area contributed by atoms with Gasteiger partial charge >= 0.3 is 0 Å². The van der Waals surface area contributed by atoms with Crippen LogP contribution in [0.5, 0.6) is 0 Å². The first-order valence-corrected chi connectivity index (χ1v) is 8.14. The van der Waals surface area contributed by atoms with Crippen molar-refractivity contribution < 1.29 is 4.74 Å². The first-order chi connectivity index (χ1) is 9.19. The summed E-state index contributed by atoms with van der Waals surface area (Å²) in [4.78, 5) is 0. The predicted octanol–water partition coefficient (Wildman–Crippen LogP) is 5.69. The number of halogens is 3. The third kappa shape index (κ3) is 4.63. The maximum absolute atomic E-state index is 6.01. The maximum atomic E-state index is 6.01. The lowest BCUT2D eigenvalue weighted by Crippen LogP contribution is -2.05. The van der Waals surface area contributed by atoms with E-state index in [0.29, 0.717) is 6.61 Å². The molecule has 1 atom stereocenters. The van der Waals surface area contributed by atoms with Crippen molar-refractivity contribution in [2.45, 2.75) is 12.7 Å². The van der Waals surface area contributed by atoms with Gasteiger partial charge in [-0.3, -0.25) is 0 Å². The first-order valence-electron chi connectivity index (χ1n) is 5.86. The lowest BCUT2D eigenvalue weighted by atomic mass is 10.1. The first kappa shape index (κ1) is 15.1. The van der Waals surface area contributed by atoms with Gasteiger partial charge in [0, 0.05) is 14.5 Å². The Balaban J connectivity index is 2.01. The zero-order valence-electron chi connectivity index (χ0n) is 10.2. The average molecular weight is 407 g/mol. The van der Waals surface area contributed by atoms with Gasteiger partial charge in [0.2, 0.25) is 0 Å². The lowest BCUT2D eigenvalue weighted by molar-refractivity contribution is 0.0577. The van der Waals surface area contributed by atoms with E-state index in [1.807, 2.05) is 48.5 Å². The molecule has 0 saturated carbocycles. The third-order valence-corrected chi connectivity index (χ3v) is 4.01.